The van der Waals surface area contributed by atoms with Crippen molar-refractivity contribution in [2.24, 2.45) is 5.73 Å². The summed E-state index contributed by atoms with van der Waals surface area (Å²) in [5, 5.41) is 0.899. The van der Waals surface area contributed by atoms with E-state index in [9.17, 15) is 4.39 Å². The molecule has 84 valence electrons. The Hall–Kier alpha value is -1.26. The summed E-state index contributed by atoms with van der Waals surface area (Å²) in [5.74, 6) is -0.234. The maximum absolute atomic E-state index is 13.1. The molecule has 0 atom stereocenters. The van der Waals surface area contributed by atoms with Crippen LogP contribution in [0.2, 0.25) is 0 Å². The highest BCUT2D eigenvalue weighted by Gasteiger charge is 2.11. The van der Waals surface area contributed by atoms with Crippen molar-refractivity contribution in [1.29, 1.82) is 0 Å². The molecule has 0 fully saturated rings. The highest BCUT2D eigenvalue weighted by atomic mass is 32.1. The third kappa shape index (κ3) is 2.13. The number of hydrogen-bond acceptors (Lipinski definition) is 3. The molecule has 0 radical (unpaired) electrons. The fraction of sp³-hybridized carbons (Fsp3) is 0.250. The molecule has 1 aromatic carbocycles. The van der Waals surface area contributed by atoms with Gasteiger partial charge >= 0.3 is 0 Å². The lowest BCUT2D eigenvalue weighted by molar-refractivity contribution is 0.628. The second-order valence-electron chi connectivity index (χ2n) is 3.45. The Labute approximate surface area is 97.9 Å². The van der Waals surface area contributed by atoms with Crippen molar-refractivity contribution >= 4 is 11.3 Å². The SMILES string of the molecule is CCc1sc(CN)nc1-c1cccc(F)c1. The molecule has 0 aliphatic rings. The van der Waals surface area contributed by atoms with Crippen molar-refractivity contribution < 1.29 is 4.39 Å². The molecular formula is C12H13FN2S. The maximum Gasteiger partial charge on any atom is 0.123 e. The lowest BCUT2D eigenvalue weighted by Gasteiger charge is -1.99. The molecular weight excluding hydrogens is 223 g/mol. The summed E-state index contributed by atoms with van der Waals surface area (Å²) in [6.07, 6.45) is 0.892. The molecule has 2 aromatic rings. The Bertz CT molecular complexity index is 494. The number of aryl methyl sites for hydroxylation is 1. The van der Waals surface area contributed by atoms with Gasteiger partial charge < -0.3 is 5.73 Å². The first kappa shape index (κ1) is 11.2. The van der Waals surface area contributed by atoms with Gasteiger partial charge in [-0.25, -0.2) is 9.37 Å². The smallest absolute Gasteiger partial charge is 0.123 e. The molecule has 4 heteroatoms. The van der Waals surface area contributed by atoms with E-state index in [1.165, 1.54) is 12.1 Å². The van der Waals surface area contributed by atoms with Crippen molar-refractivity contribution in [2.75, 3.05) is 0 Å². The molecule has 0 unspecified atom stereocenters. The highest BCUT2D eigenvalue weighted by molar-refractivity contribution is 7.12. The van der Waals surface area contributed by atoms with Gasteiger partial charge in [0, 0.05) is 17.0 Å². The summed E-state index contributed by atoms with van der Waals surface area (Å²) >= 11 is 1.60. The maximum atomic E-state index is 13.1. The number of benzene rings is 1. The first-order valence-corrected chi connectivity index (χ1v) is 6.00. The van der Waals surface area contributed by atoms with Gasteiger partial charge in [0.1, 0.15) is 10.8 Å². The Morgan fingerprint density at radius 1 is 1.44 bits per heavy atom. The van der Waals surface area contributed by atoms with Crippen molar-refractivity contribution in [3.05, 3.63) is 40.0 Å². The average molecular weight is 236 g/mol. The number of aromatic nitrogens is 1. The fourth-order valence-corrected chi connectivity index (χ4v) is 2.50. The third-order valence-corrected chi connectivity index (χ3v) is 3.56. The highest BCUT2D eigenvalue weighted by Crippen LogP contribution is 2.28. The Balaban J connectivity index is 2.50. The van der Waals surface area contributed by atoms with E-state index in [1.54, 1.807) is 17.4 Å². The minimum absolute atomic E-state index is 0.234. The zero-order chi connectivity index (χ0) is 11.5. The van der Waals surface area contributed by atoms with Gasteiger partial charge in [0.15, 0.2) is 0 Å². The number of thiazole rings is 1. The van der Waals surface area contributed by atoms with E-state index in [-0.39, 0.29) is 5.82 Å². The molecule has 0 saturated heterocycles. The molecule has 0 spiro atoms. The zero-order valence-electron chi connectivity index (χ0n) is 9.03. The summed E-state index contributed by atoms with van der Waals surface area (Å²) in [6.45, 7) is 2.50. The minimum atomic E-state index is -0.234. The number of hydrogen-bond donors (Lipinski definition) is 1. The van der Waals surface area contributed by atoms with Gasteiger partial charge in [-0.2, -0.15) is 0 Å². The number of rotatable bonds is 3. The number of halogens is 1. The lowest BCUT2D eigenvalue weighted by atomic mass is 10.1. The van der Waals surface area contributed by atoms with Crippen LogP contribution in [0.25, 0.3) is 11.3 Å². The van der Waals surface area contributed by atoms with Gasteiger partial charge in [-0.05, 0) is 18.6 Å². The molecule has 16 heavy (non-hydrogen) atoms. The van der Waals surface area contributed by atoms with Crippen LogP contribution in [0.15, 0.2) is 24.3 Å². The van der Waals surface area contributed by atoms with Crippen molar-refractivity contribution in [3.63, 3.8) is 0 Å². The van der Waals surface area contributed by atoms with Gasteiger partial charge in [-0.1, -0.05) is 19.1 Å². The van der Waals surface area contributed by atoms with E-state index in [0.29, 0.717) is 6.54 Å². The molecule has 0 saturated carbocycles. The molecule has 0 amide bonds. The summed E-state index contributed by atoms with van der Waals surface area (Å²) in [4.78, 5) is 5.60. The van der Waals surface area contributed by atoms with E-state index in [1.807, 2.05) is 6.07 Å². The van der Waals surface area contributed by atoms with Crippen LogP contribution in [-0.4, -0.2) is 4.98 Å². The topological polar surface area (TPSA) is 38.9 Å². The summed E-state index contributed by atoms with van der Waals surface area (Å²) in [6, 6.07) is 6.52. The van der Waals surface area contributed by atoms with Crippen LogP contribution in [0, 0.1) is 5.82 Å². The van der Waals surface area contributed by atoms with Gasteiger partial charge in [0.2, 0.25) is 0 Å². The molecule has 2 rings (SSSR count). The van der Waals surface area contributed by atoms with Crippen LogP contribution in [0.1, 0.15) is 16.8 Å². The second kappa shape index (κ2) is 4.72. The fourth-order valence-electron chi connectivity index (χ4n) is 1.59. The molecule has 1 aromatic heterocycles. The molecule has 0 aliphatic carbocycles. The quantitative estimate of drug-likeness (QED) is 0.889. The summed E-state index contributed by atoms with van der Waals surface area (Å²) in [7, 11) is 0. The average Bonchev–Trinajstić information content (AvgIpc) is 2.72. The first-order valence-electron chi connectivity index (χ1n) is 5.19. The largest absolute Gasteiger partial charge is 0.325 e. The molecule has 0 aliphatic heterocycles. The van der Waals surface area contributed by atoms with Gasteiger partial charge in [0.25, 0.3) is 0 Å². The van der Waals surface area contributed by atoms with Crippen LogP contribution in [0.3, 0.4) is 0 Å². The van der Waals surface area contributed by atoms with Crippen molar-refractivity contribution in [3.8, 4) is 11.3 Å². The number of nitrogens with two attached hydrogens (primary N) is 1. The van der Waals surface area contributed by atoms with Crippen LogP contribution < -0.4 is 5.73 Å². The normalized spacial score (nSPS) is 10.7. The second-order valence-corrected chi connectivity index (χ2v) is 4.62. The predicted octanol–water partition coefficient (Wildman–Crippen LogP) is 2.97. The summed E-state index contributed by atoms with van der Waals surface area (Å²) in [5.41, 5.74) is 7.26. The third-order valence-electron chi connectivity index (χ3n) is 2.34. The van der Waals surface area contributed by atoms with Gasteiger partial charge in [-0.15, -0.1) is 11.3 Å². The Morgan fingerprint density at radius 2 is 2.25 bits per heavy atom. The lowest BCUT2D eigenvalue weighted by Crippen LogP contribution is -1.94. The van der Waals surface area contributed by atoms with Crippen LogP contribution >= 0.6 is 11.3 Å². The molecule has 2 N–H and O–H groups in total. The minimum Gasteiger partial charge on any atom is -0.325 e. The van der Waals surface area contributed by atoms with E-state index < -0.39 is 0 Å². The zero-order valence-corrected chi connectivity index (χ0v) is 9.85. The van der Waals surface area contributed by atoms with Crippen LogP contribution in [0.5, 0.6) is 0 Å². The monoisotopic (exact) mass is 236 g/mol. The van der Waals surface area contributed by atoms with Crippen molar-refractivity contribution in [2.45, 2.75) is 19.9 Å². The molecule has 2 nitrogen and oxygen atoms in total. The van der Waals surface area contributed by atoms with Crippen LogP contribution in [0.4, 0.5) is 4.39 Å². The molecule has 0 bridgehead atoms. The summed E-state index contributed by atoms with van der Waals surface area (Å²) < 4.78 is 13.1. The predicted molar refractivity (Wildman–Crippen MR) is 64.8 cm³/mol. The molecule has 1 heterocycles. The Kier molecular flexibility index (Phi) is 3.31. The van der Waals surface area contributed by atoms with Crippen molar-refractivity contribution in [1.82, 2.24) is 4.98 Å². The van der Waals surface area contributed by atoms with E-state index in [0.717, 1.165) is 27.6 Å². The van der Waals surface area contributed by atoms with Gasteiger partial charge in [-0.3, -0.25) is 0 Å². The van der Waals surface area contributed by atoms with Crippen LogP contribution in [-0.2, 0) is 13.0 Å². The van der Waals surface area contributed by atoms with Gasteiger partial charge in [0.05, 0.1) is 5.69 Å². The number of nitrogens with zero attached hydrogens (tertiary/aromatic N) is 1. The Morgan fingerprint density at radius 3 is 2.88 bits per heavy atom. The van der Waals surface area contributed by atoms with E-state index >= 15 is 0 Å². The van der Waals surface area contributed by atoms with E-state index in [2.05, 4.69) is 11.9 Å². The van der Waals surface area contributed by atoms with E-state index in [4.69, 9.17) is 5.73 Å². The standard InChI is InChI=1S/C12H13FN2S/c1-2-10-12(15-11(7-14)16-10)8-4-3-5-9(13)6-8/h3-6H,2,7,14H2,1H3. The first-order chi connectivity index (χ1) is 7.74.